The Kier molecular flexibility index (Phi) is 8.54. The van der Waals surface area contributed by atoms with E-state index in [-0.39, 0.29) is 0 Å². The Morgan fingerprint density at radius 2 is 0.667 bits per heavy atom. The lowest BCUT2D eigenvalue weighted by Gasteiger charge is -2.23. The van der Waals surface area contributed by atoms with Crippen LogP contribution in [-0.2, 0) is 0 Å². The highest BCUT2D eigenvalue weighted by atomic mass is 14.2. The van der Waals surface area contributed by atoms with E-state index in [2.05, 4.69) is 80.5 Å². The molecule has 0 bridgehead atoms. The molecule has 1 aromatic rings. The molecule has 0 N–H and O–H groups in total. The van der Waals surface area contributed by atoms with Crippen molar-refractivity contribution < 1.29 is 0 Å². The molecule has 3 unspecified atom stereocenters. The molecule has 1 aromatic carbocycles. The fraction of sp³-hybridized carbons (Fsp3) is 0.750. The van der Waals surface area contributed by atoms with Crippen molar-refractivity contribution in [3.05, 3.63) is 34.9 Å². The quantitative estimate of drug-likeness (QED) is 0.428. The summed E-state index contributed by atoms with van der Waals surface area (Å²) in [4.78, 5) is 0. The van der Waals surface area contributed by atoms with Crippen molar-refractivity contribution in [1.29, 1.82) is 0 Å². The lowest BCUT2D eigenvalue weighted by atomic mass is 9.82. The summed E-state index contributed by atoms with van der Waals surface area (Å²) in [5.41, 5.74) is 4.67. The molecular formula is C24H42. The van der Waals surface area contributed by atoms with Crippen LogP contribution >= 0.6 is 0 Å². The molecule has 0 amide bonds. The average molecular weight is 331 g/mol. The first-order valence-electron chi connectivity index (χ1n) is 10.2. The van der Waals surface area contributed by atoms with Crippen LogP contribution in [0.5, 0.6) is 0 Å². The first kappa shape index (κ1) is 21.3. The molecule has 0 radical (unpaired) electrons. The van der Waals surface area contributed by atoms with Crippen molar-refractivity contribution in [3.8, 4) is 0 Å². The molecular weight excluding hydrogens is 288 g/mol. The van der Waals surface area contributed by atoms with Crippen LogP contribution in [0, 0.1) is 17.8 Å². The summed E-state index contributed by atoms with van der Waals surface area (Å²) in [6.45, 7) is 21.2. The Bertz CT molecular complexity index is 397. The van der Waals surface area contributed by atoms with Gasteiger partial charge in [-0.25, -0.2) is 0 Å². The summed E-state index contributed by atoms with van der Waals surface area (Å²) in [6, 6.07) is 7.52. The van der Waals surface area contributed by atoms with Crippen molar-refractivity contribution in [2.45, 2.75) is 99.3 Å². The predicted molar refractivity (Wildman–Crippen MR) is 110 cm³/mol. The topological polar surface area (TPSA) is 0 Å². The maximum absolute atomic E-state index is 2.51. The average Bonchev–Trinajstić information content (AvgIpc) is 2.44. The SMILES string of the molecule is CC(C)CC(C)c1cc(C(C)CC(C)C)cc(C(C)CC(C)C)c1. The zero-order chi connectivity index (χ0) is 18.4. The van der Waals surface area contributed by atoms with Crippen molar-refractivity contribution in [2.24, 2.45) is 17.8 Å². The normalized spacial score (nSPS) is 16.0. The van der Waals surface area contributed by atoms with Crippen LogP contribution in [0.15, 0.2) is 18.2 Å². The minimum atomic E-state index is 0.654. The largest absolute Gasteiger partial charge is 0.0628 e. The van der Waals surface area contributed by atoms with Crippen LogP contribution in [-0.4, -0.2) is 0 Å². The number of hydrogen-bond donors (Lipinski definition) is 0. The van der Waals surface area contributed by atoms with Gasteiger partial charge in [-0.05, 0) is 71.5 Å². The number of hydrogen-bond acceptors (Lipinski definition) is 0. The fourth-order valence-electron chi connectivity index (χ4n) is 4.09. The smallest absolute Gasteiger partial charge is 0.0188 e. The standard InChI is InChI=1S/C24H42/c1-16(2)10-19(7)22-13-23(20(8)11-17(3)4)15-24(14-22)21(9)12-18(5)6/h13-21H,10-12H2,1-9H3. The molecule has 0 spiro atoms. The second kappa shape index (κ2) is 9.64. The second-order valence-electron chi connectivity index (χ2n) is 9.52. The van der Waals surface area contributed by atoms with E-state index in [0.717, 1.165) is 17.8 Å². The van der Waals surface area contributed by atoms with Gasteiger partial charge in [-0.1, -0.05) is 80.5 Å². The lowest BCUT2D eigenvalue weighted by Crippen LogP contribution is -2.07. The van der Waals surface area contributed by atoms with Gasteiger partial charge in [0.1, 0.15) is 0 Å². The molecule has 0 aliphatic rings. The van der Waals surface area contributed by atoms with Crippen LogP contribution in [0.1, 0.15) is 116 Å². The zero-order valence-corrected chi connectivity index (χ0v) is 17.8. The van der Waals surface area contributed by atoms with Crippen molar-refractivity contribution in [2.75, 3.05) is 0 Å². The van der Waals surface area contributed by atoms with E-state index >= 15 is 0 Å². The summed E-state index contributed by atoms with van der Waals surface area (Å²) >= 11 is 0. The van der Waals surface area contributed by atoms with Gasteiger partial charge in [-0.2, -0.15) is 0 Å². The molecule has 0 aliphatic carbocycles. The Hall–Kier alpha value is -0.780. The Morgan fingerprint density at radius 1 is 0.458 bits per heavy atom. The van der Waals surface area contributed by atoms with E-state index < -0.39 is 0 Å². The number of rotatable bonds is 9. The first-order valence-corrected chi connectivity index (χ1v) is 10.2. The molecule has 0 nitrogen and oxygen atoms in total. The third-order valence-electron chi connectivity index (χ3n) is 5.18. The fourth-order valence-corrected chi connectivity index (χ4v) is 4.09. The molecule has 0 aliphatic heterocycles. The van der Waals surface area contributed by atoms with E-state index in [4.69, 9.17) is 0 Å². The summed E-state index contributed by atoms with van der Waals surface area (Å²) < 4.78 is 0. The van der Waals surface area contributed by atoms with Gasteiger partial charge in [-0.3, -0.25) is 0 Å². The maximum Gasteiger partial charge on any atom is -0.0188 e. The van der Waals surface area contributed by atoms with Gasteiger partial charge < -0.3 is 0 Å². The van der Waals surface area contributed by atoms with Gasteiger partial charge in [-0.15, -0.1) is 0 Å². The van der Waals surface area contributed by atoms with Crippen molar-refractivity contribution in [1.82, 2.24) is 0 Å². The highest BCUT2D eigenvalue weighted by molar-refractivity contribution is 5.36. The highest BCUT2D eigenvalue weighted by Crippen LogP contribution is 2.33. The van der Waals surface area contributed by atoms with E-state index in [1.54, 1.807) is 16.7 Å². The Balaban J connectivity index is 3.17. The first-order chi connectivity index (χ1) is 11.1. The van der Waals surface area contributed by atoms with Crippen LogP contribution in [0.3, 0.4) is 0 Å². The van der Waals surface area contributed by atoms with Gasteiger partial charge in [0.15, 0.2) is 0 Å². The Labute approximate surface area is 152 Å². The minimum absolute atomic E-state index is 0.654. The van der Waals surface area contributed by atoms with Crippen molar-refractivity contribution in [3.63, 3.8) is 0 Å². The van der Waals surface area contributed by atoms with Gasteiger partial charge >= 0.3 is 0 Å². The van der Waals surface area contributed by atoms with E-state index in [1.807, 2.05) is 0 Å². The van der Waals surface area contributed by atoms with Crippen LogP contribution in [0.4, 0.5) is 0 Å². The summed E-state index contributed by atoms with van der Waals surface area (Å²) in [7, 11) is 0. The molecule has 0 saturated carbocycles. The summed E-state index contributed by atoms with van der Waals surface area (Å²) in [5.74, 6) is 4.23. The third kappa shape index (κ3) is 6.99. The van der Waals surface area contributed by atoms with E-state index in [0.29, 0.717) is 17.8 Å². The Morgan fingerprint density at radius 3 is 0.833 bits per heavy atom. The molecule has 1 rings (SSSR count). The monoisotopic (exact) mass is 330 g/mol. The van der Waals surface area contributed by atoms with Gasteiger partial charge in [0, 0.05) is 0 Å². The minimum Gasteiger partial charge on any atom is -0.0628 e. The van der Waals surface area contributed by atoms with Crippen LogP contribution < -0.4 is 0 Å². The van der Waals surface area contributed by atoms with Crippen molar-refractivity contribution >= 4 is 0 Å². The van der Waals surface area contributed by atoms with Crippen LogP contribution in [0.2, 0.25) is 0 Å². The summed E-state index contributed by atoms with van der Waals surface area (Å²) in [6.07, 6.45) is 3.83. The molecule has 0 heterocycles. The highest BCUT2D eigenvalue weighted by Gasteiger charge is 2.17. The molecule has 138 valence electrons. The van der Waals surface area contributed by atoms with Crippen LogP contribution in [0.25, 0.3) is 0 Å². The maximum atomic E-state index is 2.51. The molecule has 0 fully saturated rings. The predicted octanol–water partition coefficient (Wildman–Crippen LogP) is 8.14. The zero-order valence-electron chi connectivity index (χ0n) is 17.8. The third-order valence-corrected chi connectivity index (χ3v) is 5.18. The lowest BCUT2D eigenvalue weighted by molar-refractivity contribution is 0.507. The molecule has 0 saturated heterocycles. The van der Waals surface area contributed by atoms with Gasteiger partial charge in [0.05, 0.1) is 0 Å². The molecule has 0 heteroatoms. The van der Waals surface area contributed by atoms with Gasteiger partial charge in [0.25, 0.3) is 0 Å². The summed E-state index contributed by atoms with van der Waals surface area (Å²) in [5, 5.41) is 0. The molecule has 0 aromatic heterocycles. The second-order valence-corrected chi connectivity index (χ2v) is 9.52. The molecule has 24 heavy (non-hydrogen) atoms. The van der Waals surface area contributed by atoms with Gasteiger partial charge in [0.2, 0.25) is 0 Å². The molecule has 3 atom stereocenters. The van der Waals surface area contributed by atoms with E-state index in [9.17, 15) is 0 Å². The number of benzene rings is 1. The van der Waals surface area contributed by atoms with E-state index in [1.165, 1.54) is 19.3 Å².